The van der Waals surface area contributed by atoms with Gasteiger partial charge in [-0.05, 0) is 24.6 Å². The molecule has 0 aromatic heterocycles. The van der Waals surface area contributed by atoms with Crippen molar-refractivity contribution in [3.8, 4) is 0 Å². The van der Waals surface area contributed by atoms with Gasteiger partial charge >= 0.3 is 5.97 Å². The summed E-state index contributed by atoms with van der Waals surface area (Å²) in [6, 6.07) is 5.05. The smallest absolute Gasteiger partial charge is 0.337 e. The van der Waals surface area contributed by atoms with Crippen LogP contribution in [-0.2, 0) is 14.2 Å². The molecule has 0 unspecified atom stereocenters. The minimum atomic E-state index is -0.394. The van der Waals surface area contributed by atoms with Crippen molar-refractivity contribution in [2.24, 2.45) is 0 Å². The van der Waals surface area contributed by atoms with Gasteiger partial charge in [-0.25, -0.2) is 4.79 Å². The van der Waals surface area contributed by atoms with Crippen molar-refractivity contribution in [2.45, 2.75) is 6.42 Å². The van der Waals surface area contributed by atoms with Crippen molar-refractivity contribution in [1.82, 2.24) is 0 Å². The van der Waals surface area contributed by atoms with Gasteiger partial charge in [0.2, 0.25) is 0 Å². The molecule has 20 heavy (non-hydrogen) atoms. The van der Waals surface area contributed by atoms with Gasteiger partial charge in [0.15, 0.2) is 0 Å². The molecule has 112 valence electrons. The Kier molecular flexibility index (Phi) is 7.46. The first-order valence-corrected chi connectivity index (χ1v) is 6.47. The van der Waals surface area contributed by atoms with Crippen molar-refractivity contribution in [3.05, 3.63) is 23.8 Å². The zero-order valence-electron chi connectivity index (χ0n) is 12.0. The zero-order valence-corrected chi connectivity index (χ0v) is 12.0. The van der Waals surface area contributed by atoms with Crippen LogP contribution < -0.4 is 11.1 Å². The molecular weight excluding hydrogens is 260 g/mol. The number of esters is 1. The van der Waals surface area contributed by atoms with Crippen molar-refractivity contribution in [3.63, 3.8) is 0 Å². The van der Waals surface area contributed by atoms with E-state index in [1.807, 2.05) is 0 Å². The molecule has 1 rings (SSSR count). The van der Waals surface area contributed by atoms with Gasteiger partial charge in [-0.2, -0.15) is 0 Å². The molecule has 1 aromatic carbocycles. The minimum absolute atomic E-state index is 0.394. The third kappa shape index (κ3) is 5.46. The van der Waals surface area contributed by atoms with Gasteiger partial charge in [0.25, 0.3) is 0 Å². The quantitative estimate of drug-likeness (QED) is 0.406. The third-order valence-corrected chi connectivity index (χ3v) is 2.69. The van der Waals surface area contributed by atoms with E-state index in [0.29, 0.717) is 31.1 Å². The molecule has 0 spiro atoms. The molecule has 0 fully saturated rings. The molecule has 0 saturated carbocycles. The Labute approximate surface area is 119 Å². The largest absolute Gasteiger partial charge is 0.465 e. The molecule has 0 amide bonds. The first kappa shape index (κ1) is 16.3. The van der Waals surface area contributed by atoms with Crippen LogP contribution in [0.5, 0.6) is 0 Å². The average molecular weight is 282 g/mol. The number of hydrogen-bond acceptors (Lipinski definition) is 6. The van der Waals surface area contributed by atoms with E-state index in [9.17, 15) is 4.79 Å². The first-order chi connectivity index (χ1) is 9.69. The molecule has 0 atom stereocenters. The van der Waals surface area contributed by atoms with Crippen LogP contribution in [-0.4, -0.2) is 46.6 Å². The lowest BCUT2D eigenvalue weighted by Gasteiger charge is -2.10. The van der Waals surface area contributed by atoms with E-state index < -0.39 is 5.97 Å². The molecule has 0 radical (unpaired) electrons. The Hall–Kier alpha value is -1.79. The molecule has 0 aliphatic carbocycles. The van der Waals surface area contributed by atoms with E-state index in [0.717, 1.165) is 18.7 Å². The average Bonchev–Trinajstić information content (AvgIpc) is 2.46. The van der Waals surface area contributed by atoms with Crippen molar-refractivity contribution in [2.75, 3.05) is 51.6 Å². The molecule has 0 heterocycles. The highest BCUT2D eigenvalue weighted by Gasteiger charge is 2.07. The normalized spacial score (nSPS) is 10.3. The first-order valence-electron chi connectivity index (χ1n) is 6.47. The summed E-state index contributed by atoms with van der Waals surface area (Å²) in [5, 5.41) is 3.20. The molecule has 3 N–H and O–H groups in total. The summed E-state index contributed by atoms with van der Waals surface area (Å²) in [6.07, 6.45) is 0.863. The predicted molar refractivity (Wildman–Crippen MR) is 78.0 cm³/mol. The number of anilines is 2. The number of nitrogens with two attached hydrogens (primary N) is 1. The predicted octanol–water partition coefficient (Wildman–Crippen LogP) is 1.52. The van der Waals surface area contributed by atoms with Crippen LogP contribution in [0.2, 0.25) is 0 Å². The van der Waals surface area contributed by atoms with Gasteiger partial charge in [-0.15, -0.1) is 0 Å². The van der Waals surface area contributed by atoms with Gasteiger partial charge in [0.1, 0.15) is 0 Å². The number of benzene rings is 1. The van der Waals surface area contributed by atoms with Crippen molar-refractivity contribution < 1.29 is 19.0 Å². The summed E-state index contributed by atoms with van der Waals surface area (Å²) in [5.74, 6) is -0.394. The van der Waals surface area contributed by atoms with Gasteiger partial charge in [-0.1, -0.05) is 0 Å². The maximum atomic E-state index is 11.3. The highest BCUT2D eigenvalue weighted by molar-refractivity contribution is 5.91. The third-order valence-electron chi connectivity index (χ3n) is 2.69. The maximum absolute atomic E-state index is 11.3. The second-order valence-corrected chi connectivity index (χ2v) is 4.18. The van der Waals surface area contributed by atoms with Crippen LogP contribution >= 0.6 is 0 Å². The number of nitrogen functional groups attached to an aromatic ring is 1. The summed E-state index contributed by atoms with van der Waals surface area (Å²) in [6.45, 7) is 2.62. The minimum Gasteiger partial charge on any atom is -0.465 e. The Morgan fingerprint density at radius 2 is 2.05 bits per heavy atom. The van der Waals surface area contributed by atoms with Crippen LogP contribution in [0.25, 0.3) is 0 Å². The topological polar surface area (TPSA) is 82.8 Å². The summed E-state index contributed by atoms with van der Waals surface area (Å²) < 4.78 is 14.9. The van der Waals surface area contributed by atoms with Crippen LogP contribution in [0.15, 0.2) is 18.2 Å². The molecule has 1 aromatic rings. The summed E-state index contributed by atoms with van der Waals surface area (Å²) in [5.41, 5.74) is 7.64. The Bertz CT molecular complexity index is 424. The van der Waals surface area contributed by atoms with Crippen LogP contribution in [0.1, 0.15) is 16.8 Å². The highest BCUT2D eigenvalue weighted by atomic mass is 16.5. The fourth-order valence-electron chi connectivity index (χ4n) is 1.61. The summed E-state index contributed by atoms with van der Waals surface area (Å²) in [7, 11) is 2.99. The number of nitrogens with one attached hydrogen (secondary N) is 1. The molecule has 6 heteroatoms. The number of methoxy groups -OCH3 is 2. The molecule has 0 aliphatic rings. The fraction of sp³-hybridized carbons (Fsp3) is 0.500. The fourth-order valence-corrected chi connectivity index (χ4v) is 1.61. The SMILES string of the molecule is COCCOCCCNc1ccc(C(=O)OC)cc1N. The van der Waals surface area contributed by atoms with Crippen LogP contribution in [0.4, 0.5) is 11.4 Å². The summed E-state index contributed by atoms with van der Waals surface area (Å²) >= 11 is 0. The molecule has 6 nitrogen and oxygen atoms in total. The molecule has 0 aliphatic heterocycles. The summed E-state index contributed by atoms with van der Waals surface area (Å²) in [4.78, 5) is 11.3. The van der Waals surface area contributed by atoms with Gasteiger partial charge in [-0.3, -0.25) is 0 Å². The molecule has 0 saturated heterocycles. The van der Waals surface area contributed by atoms with E-state index >= 15 is 0 Å². The number of rotatable bonds is 9. The lowest BCUT2D eigenvalue weighted by molar-refractivity contribution is 0.0601. The Balaban J connectivity index is 2.32. The Morgan fingerprint density at radius 3 is 2.70 bits per heavy atom. The lowest BCUT2D eigenvalue weighted by atomic mass is 10.1. The van der Waals surface area contributed by atoms with Crippen LogP contribution in [0, 0.1) is 0 Å². The van der Waals surface area contributed by atoms with Gasteiger partial charge in [0, 0.05) is 20.3 Å². The standard InChI is InChI=1S/C14H22N2O4/c1-18-8-9-20-7-3-6-16-13-5-4-11(10-12(13)15)14(17)19-2/h4-5,10,16H,3,6-9,15H2,1-2H3. The second-order valence-electron chi connectivity index (χ2n) is 4.18. The van der Waals surface area contributed by atoms with E-state index in [2.05, 4.69) is 10.1 Å². The monoisotopic (exact) mass is 282 g/mol. The maximum Gasteiger partial charge on any atom is 0.337 e. The van der Waals surface area contributed by atoms with E-state index in [1.165, 1.54) is 7.11 Å². The molecular formula is C14H22N2O4. The van der Waals surface area contributed by atoms with E-state index in [4.69, 9.17) is 15.2 Å². The highest BCUT2D eigenvalue weighted by Crippen LogP contribution is 2.20. The second kappa shape index (κ2) is 9.17. The number of hydrogen-bond donors (Lipinski definition) is 2. The Morgan fingerprint density at radius 1 is 1.25 bits per heavy atom. The van der Waals surface area contributed by atoms with E-state index in [-0.39, 0.29) is 0 Å². The number of ether oxygens (including phenoxy) is 3. The zero-order chi connectivity index (χ0) is 14.8. The van der Waals surface area contributed by atoms with Gasteiger partial charge in [0.05, 0.1) is 37.3 Å². The number of carbonyl (C=O) groups is 1. The number of carbonyl (C=O) groups excluding carboxylic acids is 1. The molecule has 0 bridgehead atoms. The van der Waals surface area contributed by atoms with E-state index in [1.54, 1.807) is 25.3 Å². The van der Waals surface area contributed by atoms with Crippen molar-refractivity contribution >= 4 is 17.3 Å². The van der Waals surface area contributed by atoms with Crippen molar-refractivity contribution in [1.29, 1.82) is 0 Å². The van der Waals surface area contributed by atoms with Crippen LogP contribution in [0.3, 0.4) is 0 Å². The van der Waals surface area contributed by atoms with Gasteiger partial charge < -0.3 is 25.3 Å². The lowest BCUT2D eigenvalue weighted by Crippen LogP contribution is -2.10.